The maximum absolute atomic E-state index is 14.1. The van der Waals surface area contributed by atoms with Crippen molar-refractivity contribution in [2.45, 2.75) is 50.8 Å². The maximum Gasteiger partial charge on any atom is 0.262 e. The average Bonchev–Trinajstić information content (AvgIpc) is 2.95. The zero-order valence-corrected chi connectivity index (χ0v) is 16.9. The van der Waals surface area contributed by atoms with Crippen molar-refractivity contribution < 1.29 is 23.1 Å². The summed E-state index contributed by atoms with van der Waals surface area (Å²) in [4.78, 5) is 28.2. The number of hydrogen-bond donors (Lipinski definition) is 1. The van der Waals surface area contributed by atoms with Crippen LogP contribution in [-0.4, -0.2) is 78.5 Å². The molecular weight excluding hydrogens is 380 g/mol. The van der Waals surface area contributed by atoms with Crippen molar-refractivity contribution in [3.05, 3.63) is 35.9 Å². The van der Waals surface area contributed by atoms with Crippen molar-refractivity contribution in [2.24, 2.45) is 0 Å². The van der Waals surface area contributed by atoms with Crippen molar-refractivity contribution in [3.8, 4) is 0 Å². The Morgan fingerprint density at radius 1 is 1.24 bits per heavy atom. The van der Waals surface area contributed by atoms with Crippen LogP contribution in [0.15, 0.2) is 30.3 Å². The lowest BCUT2D eigenvalue weighted by atomic mass is 10.0. The first kappa shape index (κ1) is 21.6. The number of rotatable bonds is 8. The standard InChI is InChI=1S/C21H29F2N3O3/c1-15(2)29-10-6-9-24-19(27)18-11-21(22,23)14-26(18)17-12-25(13-17)20(28)16-7-4-3-5-8-16/h3-5,7-8,15,17-18H,6,9-14H2,1-2H3,(H,24,27)/t18-/m0/s1. The minimum Gasteiger partial charge on any atom is -0.379 e. The van der Waals surface area contributed by atoms with Crippen LogP contribution in [0.4, 0.5) is 8.78 Å². The van der Waals surface area contributed by atoms with Crippen molar-refractivity contribution in [1.29, 1.82) is 0 Å². The van der Waals surface area contributed by atoms with Crippen LogP contribution in [0.2, 0.25) is 0 Å². The van der Waals surface area contributed by atoms with Gasteiger partial charge in [0.15, 0.2) is 0 Å². The monoisotopic (exact) mass is 409 g/mol. The number of carbonyl (C=O) groups is 2. The van der Waals surface area contributed by atoms with Gasteiger partial charge in [-0.25, -0.2) is 8.78 Å². The molecule has 29 heavy (non-hydrogen) atoms. The molecule has 0 aromatic heterocycles. The van der Waals surface area contributed by atoms with E-state index in [1.165, 1.54) is 0 Å². The molecule has 3 rings (SSSR count). The third-order valence-corrected chi connectivity index (χ3v) is 5.32. The van der Waals surface area contributed by atoms with E-state index in [0.717, 1.165) is 0 Å². The number of nitrogens with zero attached hydrogens (tertiary/aromatic N) is 2. The highest BCUT2D eigenvalue weighted by Gasteiger charge is 2.52. The van der Waals surface area contributed by atoms with Crippen molar-refractivity contribution in [2.75, 3.05) is 32.8 Å². The molecule has 0 spiro atoms. The van der Waals surface area contributed by atoms with Gasteiger partial charge in [0, 0.05) is 44.3 Å². The van der Waals surface area contributed by atoms with Gasteiger partial charge >= 0.3 is 0 Å². The highest BCUT2D eigenvalue weighted by Crippen LogP contribution is 2.35. The smallest absolute Gasteiger partial charge is 0.262 e. The number of hydrogen-bond acceptors (Lipinski definition) is 4. The van der Waals surface area contributed by atoms with Crippen LogP contribution in [0.3, 0.4) is 0 Å². The fourth-order valence-corrected chi connectivity index (χ4v) is 3.78. The summed E-state index contributed by atoms with van der Waals surface area (Å²) in [6, 6.07) is 7.79. The van der Waals surface area contributed by atoms with Crippen LogP contribution >= 0.6 is 0 Å². The normalized spacial score (nSPS) is 22.0. The fourth-order valence-electron chi connectivity index (χ4n) is 3.78. The van der Waals surface area contributed by atoms with Crippen LogP contribution < -0.4 is 5.32 Å². The summed E-state index contributed by atoms with van der Waals surface area (Å²) in [5.41, 5.74) is 0.579. The second-order valence-electron chi connectivity index (χ2n) is 8.04. The second-order valence-corrected chi connectivity index (χ2v) is 8.04. The van der Waals surface area contributed by atoms with Crippen LogP contribution in [0.5, 0.6) is 0 Å². The van der Waals surface area contributed by atoms with Gasteiger partial charge in [-0.15, -0.1) is 0 Å². The molecule has 2 aliphatic heterocycles. The molecule has 1 aromatic rings. The zero-order chi connectivity index (χ0) is 21.0. The summed E-state index contributed by atoms with van der Waals surface area (Å²) in [6.07, 6.45) is 0.273. The Balaban J connectivity index is 1.51. The van der Waals surface area contributed by atoms with E-state index >= 15 is 0 Å². The molecule has 1 N–H and O–H groups in total. The molecule has 2 aliphatic rings. The van der Waals surface area contributed by atoms with E-state index in [-0.39, 0.29) is 24.0 Å². The van der Waals surface area contributed by atoms with E-state index in [1.54, 1.807) is 34.1 Å². The molecule has 160 valence electrons. The Morgan fingerprint density at radius 2 is 1.93 bits per heavy atom. The van der Waals surface area contributed by atoms with Crippen LogP contribution in [0, 0.1) is 0 Å². The van der Waals surface area contributed by atoms with Gasteiger partial charge in [0.2, 0.25) is 5.91 Å². The molecule has 1 aromatic carbocycles. The minimum atomic E-state index is -2.90. The third kappa shape index (κ3) is 5.51. The van der Waals surface area contributed by atoms with Crippen LogP contribution in [0.25, 0.3) is 0 Å². The summed E-state index contributed by atoms with van der Waals surface area (Å²) in [5.74, 6) is -3.38. The van der Waals surface area contributed by atoms with Crippen molar-refractivity contribution in [3.63, 3.8) is 0 Å². The van der Waals surface area contributed by atoms with Crippen molar-refractivity contribution in [1.82, 2.24) is 15.1 Å². The van der Waals surface area contributed by atoms with Gasteiger partial charge < -0.3 is 15.0 Å². The molecule has 2 amide bonds. The number of likely N-dealkylation sites (tertiary alicyclic amines) is 2. The largest absolute Gasteiger partial charge is 0.379 e. The Kier molecular flexibility index (Phi) is 6.85. The van der Waals surface area contributed by atoms with Gasteiger partial charge in [-0.05, 0) is 32.4 Å². The zero-order valence-electron chi connectivity index (χ0n) is 16.9. The molecule has 0 unspecified atom stereocenters. The third-order valence-electron chi connectivity index (χ3n) is 5.32. The predicted octanol–water partition coefficient (Wildman–Crippen LogP) is 2.15. The Hall–Kier alpha value is -2.06. The van der Waals surface area contributed by atoms with Crippen molar-refractivity contribution >= 4 is 11.8 Å². The van der Waals surface area contributed by atoms with Gasteiger partial charge in [-0.3, -0.25) is 14.5 Å². The summed E-state index contributed by atoms with van der Waals surface area (Å²) >= 11 is 0. The molecule has 0 aliphatic carbocycles. The molecule has 0 bridgehead atoms. The number of halogens is 2. The SMILES string of the molecule is CC(C)OCCCNC(=O)[C@@H]1CC(F)(F)CN1C1CN(C(=O)c2ccccc2)C1. The lowest BCUT2D eigenvalue weighted by molar-refractivity contribution is -0.127. The Morgan fingerprint density at radius 3 is 2.59 bits per heavy atom. The molecule has 2 saturated heterocycles. The summed E-state index contributed by atoms with van der Waals surface area (Å²) in [7, 11) is 0. The molecule has 2 heterocycles. The first-order valence-corrected chi connectivity index (χ1v) is 10.1. The van der Waals surface area contributed by atoms with Gasteiger partial charge in [-0.2, -0.15) is 0 Å². The average molecular weight is 409 g/mol. The number of amides is 2. The summed E-state index contributed by atoms with van der Waals surface area (Å²) in [6.45, 7) is 5.04. The number of ether oxygens (including phenoxy) is 1. The summed E-state index contributed by atoms with van der Waals surface area (Å²) in [5, 5.41) is 2.75. The predicted molar refractivity (Wildman–Crippen MR) is 105 cm³/mol. The quantitative estimate of drug-likeness (QED) is 0.669. The van der Waals surface area contributed by atoms with Gasteiger partial charge in [-0.1, -0.05) is 18.2 Å². The molecule has 6 nitrogen and oxygen atoms in total. The second kappa shape index (κ2) is 9.17. The molecule has 0 saturated carbocycles. The first-order valence-electron chi connectivity index (χ1n) is 10.1. The van der Waals surface area contributed by atoms with E-state index in [2.05, 4.69) is 5.32 Å². The highest BCUT2D eigenvalue weighted by molar-refractivity contribution is 5.94. The lowest BCUT2D eigenvalue weighted by Gasteiger charge is -2.45. The number of alkyl halides is 2. The first-order chi connectivity index (χ1) is 13.8. The lowest BCUT2D eigenvalue weighted by Crippen LogP contribution is -2.63. The van der Waals surface area contributed by atoms with Crippen LogP contribution in [-0.2, 0) is 9.53 Å². The molecule has 1 atom stereocenters. The highest BCUT2D eigenvalue weighted by atomic mass is 19.3. The molecular formula is C21H29F2N3O3. The molecule has 0 radical (unpaired) electrons. The van der Waals surface area contributed by atoms with Gasteiger partial charge in [0.25, 0.3) is 11.8 Å². The Bertz CT molecular complexity index is 708. The van der Waals surface area contributed by atoms with E-state index in [9.17, 15) is 18.4 Å². The Labute approximate surface area is 170 Å². The van der Waals surface area contributed by atoms with Gasteiger partial charge in [0.1, 0.15) is 0 Å². The maximum atomic E-state index is 14.1. The number of benzene rings is 1. The summed E-state index contributed by atoms with van der Waals surface area (Å²) < 4.78 is 33.5. The topological polar surface area (TPSA) is 61.9 Å². The van der Waals surface area contributed by atoms with E-state index < -0.39 is 24.9 Å². The van der Waals surface area contributed by atoms with E-state index in [0.29, 0.717) is 38.2 Å². The van der Waals surface area contributed by atoms with Gasteiger partial charge in [0.05, 0.1) is 18.7 Å². The number of nitrogens with one attached hydrogen (secondary N) is 1. The van der Waals surface area contributed by atoms with E-state index in [1.807, 2.05) is 19.9 Å². The van der Waals surface area contributed by atoms with Crippen LogP contribution in [0.1, 0.15) is 37.0 Å². The minimum absolute atomic E-state index is 0.112. The molecule has 2 fully saturated rings. The number of carbonyl (C=O) groups excluding carboxylic acids is 2. The fraction of sp³-hybridized carbons (Fsp3) is 0.619. The molecule has 8 heteroatoms. The van der Waals surface area contributed by atoms with E-state index in [4.69, 9.17) is 4.74 Å².